The molecule has 26 heavy (non-hydrogen) atoms. The maximum Gasteiger partial charge on any atom is 0.242 e. The number of benzene rings is 2. The highest BCUT2D eigenvalue weighted by Crippen LogP contribution is 2.22. The van der Waals surface area contributed by atoms with E-state index >= 15 is 0 Å². The van der Waals surface area contributed by atoms with Gasteiger partial charge in [0.2, 0.25) is 10.0 Å². The minimum atomic E-state index is -3.49. The van der Waals surface area contributed by atoms with Crippen LogP contribution in [0, 0.1) is 6.92 Å². The van der Waals surface area contributed by atoms with Crippen LogP contribution in [-0.2, 0) is 16.6 Å². The van der Waals surface area contributed by atoms with Crippen LogP contribution in [0.1, 0.15) is 11.4 Å². The summed E-state index contributed by atoms with van der Waals surface area (Å²) in [6.07, 6.45) is 0. The molecule has 0 unspecified atom stereocenters. The number of aromatic nitrogens is 4. The maximum absolute atomic E-state index is 12.3. The van der Waals surface area contributed by atoms with Crippen LogP contribution >= 0.6 is 0 Å². The lowest BCUT2D eigenvalue weighted by atomic mass is 10.2. The largest absolute Gasteiger partial charge is 0.377 e. The number of rotatable bonds is 6. The Labute approximate surface area is 152 Å². The molecule has 0 saturated heterocycles. The van der Waals surface area contributed by atoms with Crippen LogP contribution in [-0.4, -0.2) is 47.0 Å². The first-order valence-electron chi connectivity index (χ1n) is 7.99. The van der Waals surface area contributed by atoms with Crippen molar-refractivity contribution >= 4 is 15.7 Å². The molecule has 0 aliphatic heterocycles. The minimum absolute atomic E-state index is 0.234. The van der Waals surface area contributed by atoms with Gasteiger partial charge in [-0.2, -0.15) is 4.68 Å². The Morgan fingerprint density at radius 3 is 2.54 bits per heavy atom. The number of nitrogens with one attached hydrogen (secondary N) is 1. The first-order valence-corrected chi connectivity index (χ1v) is 9.43. The summed E-state index contributed by atoms with van der Waals surface area (Å²) in [6.45, 7) is 2.27. The first-order chi connectivity index (χ1) is 12.4. The van der Waals surface area contributed by atoms with E-state index in [2.05, 4.69) is 20.8 Å². The maximum atomic E-state index is 12.3. The summed E-state index contributed by atoms with van der Waals surface area (Å²) in [5.74, 6) is 0.622. The Bertz CT molecular complexity index is 999. The molecule has 0 aliphatic carbocycles. The van der Waals surface area contributed by atoms with Crippen molar-refractivity contribution < 1.29 is 8.42 Å². The van der Waals surface area contributed by atoms with Crippen LogP contribution in [0.4, 0.5) is 5.69 Å². The van der Waals surface area contributed by atoms with Gasteiger partial charge in [-0.15, -0.1) is 5.10 Å². The van der Waals surface area contributed by atoms with Gasteiger partial charge in [-0.3, -0.25) is 0 Å². The molecule has 0 radical (unpaired) electrons. The van der Waals surface area contributed by atoms with Gasteiger partial charge in [-0.25, -0.2) is 12.7 Å². The van der Waals surface area contributed by atoms with Crippen molar-refractivity contribution in [1.82, 2.24) is 24.5 Å². The van der Waals surface area contributed by atoms with Crippen LogP contribution in [0.2, 0.25) is 0 Å². The molecule has 1 heterocycles. The molecule has 2 aromatic carbocycles. The Kier molecular flexibility index (Phi) is 5.01. The van der Waals surface area contributed by atoms with Gasteiger partial charge in [0.05, 0.1) is 17.1 Å². The Morgan fingerprint density at radius 2 is 1.85 bits per heavy atom. The van der Waals surface area contributed by atoms with Crippen molar-refractivity contribution in [2.24, 2.45) is 0 Å². The second-order valence-corrected chi connectivity index (χ2v) is 8.11. The molecule has 0 saturated carbocycles. The zero-order chi connectivity index (χ0) is 18.7. The molecule has 8 nitrogen and oxygen atoms in total. The van der Waals surface area contributed by atoms with Crippen molar-refractivity contribution in [3.63, 3.8) is 0 Å². The second kappa shape index (κ2) is 7.22. The van der Waals surface area contributed by atoms with Gasteiger partial charge in [0.25, 0.3) is 0 Å². The molecule has 0 aliphatic rings. The van der Waals surface area contributed by atoms with E-state index < -0.39 is 10.0 Å². The van der Waals surface area contributed by atoms with Crippen molar-refractivity contribution in [3.8, 4) is 5.69 Å². The Balaban J connectivity index is 1.85. The molecule has 0 atom stereocenters. The molecule has 1 N–H and O–H groups in total. The van der Waals surface area contributed by atoms with Gasteiger partial charge < -0.3 is 5.32 Å². The van der Waals surface area contributed by atoms with Crippen LogP contribution in [0.15, 0.2) is 53.4 Å². The highest BCUT2D eigenvalue weighted by atomic mass is 32.2. The average molecular weight is 372 g/mol. The van der Waals surface area contributed by atoms with Gasteiger partial charge in [-0.1, -0.05) is 24.3 Å². The summed E-state index contributed by atoms with van der Waals surface area (Å²) in [5.41, 5.74) is 2.51. The summed E-state index contributed by atoms with van der Waals surface area (Å²) in [5, 5.41) is 15.0. The van der Waals surface area contributed by atoms with Crippen molar-refractivity contribution in [3.05, 3.63) is 59.9 Å². The fraction of sp³-hybridized carbons (Fsp3) is 0.235. The summed E-state index contributed by atoms with van der Waals surface area (Å²) in [7, 11) is -0.471. The third-order valence-corrected chi connectivity index (χ3v) is 5.77. The summed E-state index contributed by atoms with van der Waals surface area (Å²) < 4.78 is 27.5. The molecule has 0 spiro atoms. The quantitative estimate of drug-likeness (QED) is 0.710. The van der Waals surface area contributed by atoms with Gasteiger partial charge in [0.1, 0.15) is 0 Å². The van der Waals surface area contributed by atoms with Crippen LogP contribution in [0.25, 0.3) is 5.69 Å². The SMILES string of the molecule is Cc1ccc(S(=O)(=O)N(C)C)cc1NCc1nnnn1-c1ccccc1. The van der Waals surface area contributed by atoms with E-state index in [0.29, 0.717) is 12.4 Å². The monoisotopic (exact) mass is 372 g/mol. The van der Waals surface area contributed by atoms with Gasteiger partial charge in [-0.05, 0) is 47.2 Å². The smallest absolute Gasteiger partial charge is 0.242 e. The highest BCUT2D eigenvalue weighted by molar-refractivity contribution is 7.89. The number of hydrogen-bond acceptors (Lipinski definition) is 6. The van der Waals surface area contributed by atoms with Gasteiger partial charge in [0.15, 0.2) is 5.82 Å². The normalized spacial score (nSPS) is 11.7. The number of sulfonamides is 1. The lowest BCUT2D eigenvalue weighted by Crippen LogP contribution is -2.22. The molecule has 0 amide bonds. The number of nitrogens with zero attached hydrogens (tertiary/aromatic N) is 5. The van der Waals surface area contributed by atoms with E-state index in [1.807, 2.05) is 37.3 Å². The summed E-state index contributed by atoms with van der Waals surface area (Å²) in [6, 6.07) is 14.6. The first kappa shape index (κ1) is 18.0. The van der Waals surface area contributed by atoms with Crippen LogP contribution in [0.3, 0.4) is 0 Å². The number of anilines is 1. The lowest BCUT2D eigenvalue weighted by Gasteiger charge is -2.15. The number of aryl methyl sites for hydroxylation is 1. The molecule has 9 heteroatoms. The topological polar surface area (TPSA) is 93.0 Å². The average Bonchev–Trinajstić information content (AvgIpc) is 3.10. The molecule has 3 rings (SSSR count). The fourth-order valence-corrected chi connectivity index (χ4v) is 3.35. The number of para-hydroxylation sites is 1. The number of hydrogen-bond donors (Lipinski definition) is 1. The van der Waals surface area contributed by atoms with E-state index in [1.165, 1.54) is 18.4 Å². The number of tetrazole rings is 1. The standard InChI is InChI=1S/C17H20N6O2S/c1-13-9-10-15(26(24,25)22(2)3)11-16(13)18-12-17-19-20-21-23(17)14-7-5-4-6-8-14/h4-11,18H,12H2,1-3H3. The van der Waals surface area contributed by atoms with Crippen LogP contribution in [0.5, 0.6) is 0 Å². The fourth-order valence-electron chi connectivity index (χ4n) is 2.42. The van der Waals surface area contributed by atoms with Gasteiger partial charge in [0, 0.05) is 19.8 Å². The molecular formula is C17H20N6O2S. The molecule has 0 bridgehead atoms. The predicted molar refractivity (Wildman–Crippen MR) is 98.5 cm³/mol. The van der Waals surface area contributed by atoms with Crippen molar-refractivity contribution in [1.29, 1.82) is 0 Å². The van der Waals surface area contributed by atoms with E-state index in [1.54, 1.807) is 22.9 Å². The third kappa shape index (κ3) is 3.58. The molecule has 0 fully saturated rings. The van der Waals surface area contributed by atoms with E-state index in [0.717, 1.165) is 16.9 Å². The minimum Gasteiger partial charge on any atom is -0.377 e. The highest BCUT2D eigenvalue weighted by Gasteiger charge is 2.18. The zero-order valence-electron chi connectivity index (χ0n) is 14.8. The zero-order valence-corrected chi connectivity index (χ0v) is 15.6. The molecule has 136 valence electrons. The second-order valence-electron chi connectivity index (χ2n) is 5.96. The third-order valence-electron chi connectivity index (χ3n) is 3.96. The van der Waals surface area contributed by atoms with E-state index in [-0.39, 0.29) is 4.90 Å². The Morgan fingerprint density at radius 1 is 1.12 bits per heavy atom. The molecule has 1 aromatic heterocycles. The summed E-state index contributed by atoms with van der Waals surface area (Å²) >= 11 is 0. The van der Waals surface area contributed by atoms with Gasteiger partial charge >= 0.3 is 0 Å². The lowest BCUT2D eigenvalue weighted by molar-refractivity contribution is 0.521. The van der Waals surface area contributed by atoms with Crippen LogP contribution < -0.4 is 5.32 Å². The predicted octanol–water partition coefficient (Wildman–Crippen LogP) is 1.83. The van der Waals surface area contributed by atoms with E-state index in [9.17, 15) is 8.42 Å². The van der Waals surface area contributed by atoms with Crippen molar-refractivity contribution in [2.45, 2.75) is 18.4 Å². The Hall–Kier alpha value is -2.78. The van der Waals surface area contributed by atoms with E-state index in [4.69, 9.17) is 0 Å². The molecular weight excluding hydrogens is 352 g/mol. The van der Waals surface area contributed by atoms with Crippen molar-refractivity contribution in [2.75, 3.05) is 19.4 Å². The molecule has 3 aromatic rings. The summed E-state index contributed by atoms with van der Waals surface area (Å²) in [4.78, 5) is 0.234.